The third-order valence-electron chi connectivity index (χ3n) is 16.9. The number of rotatable bonds is 12. The number of hydrogen-bond acceptors (Lipinski definition) is 11. The minimum absolute atomic E-state index is 0.349. The van der Waals surface area contributed by atoms with Crippen LogP contribution in [0.4, 0.5) is 0 Å². The fourth-order valence-electron chi connectivity index (χ4n) is 12.5. The van der Waals surface area contributed by atoms with Gasteiger partial charge >= 0.3 is 0 Å². The van der Waals surface area contributed by atoms with Crippen LogP contribution in [0, 0.1) is 11.3 Å². The van der Waals surface area contributed by atoms with E-state index in [9.17, 15) is 5.26 Å². The summed E-state index contributed by atoms with van der Waals surface area (Å²) in [5.74, 6) is 4.49. The molecule has 17 aromatic rings. The minimum atomic E-state index is 0.349. The number of para-hydroxylation sites is 2. The zero-order valence-corrected chi connectivity index (χ0v) is 50.1. The van der Waals surface area contributed by atoms with Gasteiger partial charge in [0.1, 0.15) is 6.07 Å². The average molecular weight is 1200 g/mol. The lowest BCUT2D eigenvalue weighted by Gasteiger charge is -2.18. The van der Waals surface area contributed by atoms with Gasteiger partial charge in [0.05, 0.1) is 39.0 Å². The molecule has 17 rings (SSSR count). The molecule has 94 heavy (non-hydrogen) atoms. The van der Waals surface area contributed by atoms with Gasteiger partial charge in [0, 0.05) is 89.1 Å². The van der Waals surface area contributed by atoms with Gasteiger partial charge in [-0.2, -0.15) is 5.26 Å². The van der Waals surface area contributed by atoms with Gasteiger partial charge in [-0.05, 0) is 72.8 Å². The van der Waals surface area contributed by atoms with Crippen LogP contribution in [0.3, 0.4) is 0 Å². The molecule has 0 bridgehead atoms. The monoisotopic (exact) mass is 1200 g/mol. The Labute approximate surface area is 539 Å². The first-order valence-corrected chi connectivity index (χ1v) is 30.8. The van der Waals surface area contributed by atoms with E-state index in [1.165, 1.54) is 0 Å². The van der Waals surface area contributed by atoms with Crippen molar-refractivity contribution in [3.8, 4) is 131 Å². The van der Waals surface area contributed by atoms with Gasteiger partial charge in [-0.1, -0.05) is 218 Å². The van der Waals surface area contributed by atoms with Crippen LogP contribution in [0.15, 0.2) is 297 Å². The van der Waals surface area contributed by atoms with Crippen molar-refractivity contribution < 1.29 is 0 Å². The first-order valence-electron chi connectivity index (χ1n) is 30.8. The largest absolute Gasteiger partial charge is 0.309 e. The molecule has 0 amide bonds. The lowest BCUT2D eigenvalue weighted by atomic mass is 9.98. The number of pyridine rings is 1. The molecule has 6 heterocycles. The first kappa shape index (κ1) is 54.8. The highest BCUT2D eigenvalue weighted by atomic mass is 15.1. The van der Waals surface area contributed by atoms with Gasteiger partial charge in [0.15, 0.2) is 52.4 Å². The molecule has 0 atom stereocenters. The molecule has 0 aliphatic carbocycles. The highest BCUT2D eigenvalue weighted by molar-refractivity contribution is 6.13. The summed E-state index contributed by atoms with van der Waals surface area (Å²) in [6, 6.07) is 99.9. The molecule has 0 saturated carbocycles. The Morgan fingerprint density at radius 3 is 0.936 bits per heavy atom. The van der Waals surface area contributed by atoms with Crippen LogP contribution in [-0.2, 0) is 0 Å². The highest BCUT2D eigenvalue weighted by Crippen LogP contribution is 2.43. The summed E-state index contributed by atoms with van der Waals surface area (Å²) in [5.41, 5.74) is 13.9. The Bertz CT molecular complexity index is 5390. The molecule has 0 aliphatic rings. The van der Waals surface area contributed by atoms with Gasteiger partial charge in [-0.25, -0.2) is 44.9 Å². The summed E-state index contributed by atoms with van der Waals surface area (Å²) < 4.78 is 4.46. The topological polar surface area (TPSA) is 163 Å². The van der Waals surface area contributed by atoms with E-state index in [1.807, 2.05) is 212 Å². The van der Waals surface area contributed by atoms with E-state index in [0.29, 0.717) is 80.5 Å². The van der Waals surface area contributed by atoms with Crippen molar-refractivity contribution in [1.29, 1.82) is 5.26 Å². The number of nitriles is 1. The van der Waals surface area contributed by atoms with Crippen LogP contribution in [-0.4, -0.2) is 59.0 Å². The Morgan fingerprint density at radius 2 is 0.574 bits per heavy atom. The predicted octanol–water partition coefficient (Wildman–Crippen LogP) is 18.4. The Kier molecular flexibility index (Phi) is 13.6. The quantitative estimate of drug-likeness (QED) is 0.114. The van der Waals surface area contributed by atoms with E-state index in [-0.39, 0.29) is 0 Å². The van der Waals surface area contributed by atoms with Crippen LogP contribution in [0.25, 0.3) is 169 Å². The molecule has 0 fully saturated rings. The molecule has 11 aromatic carbocycles. The van der Waals surface area contributed by atoms with Crippen molar-refractivity contribution in [3.05, 3.63) is 303 Å². The fourth-order valence-corrected chi connectivity index (χ4v) is 12.5. The molecule has 6 aromatic heterocycles. The summed E-state index contributed by atoms with van der Waals surface area (Å²) >= 11 is 0. The molecule has 0 saturated heterocycles. The van der Waals surface area contributed by atoms with Gasteiger partial charge in [0.2, 0.25) is 0 Å². The molecular formula is C81H49N13. The van der Waals surface area contributed by atoms with Crippen LogP contribution >= 0.6 is 0 Å². The van der Waals surface area contributed by atoms with Crippen LogP contribution in [0.2, 0.25) is 0 Å². The normalized spacial score (nSPS) is 11.4. The Balaban J connectivity index is 0.948. The maximum atomic E-state index is 12.0. The fraction of sp³-hybridized carbons (Fsp3) is 0. The standard InChI is InChI=1S/C81H49N13/c82-50-60-45-59(81-91-77(55-31-15-5-16-32-55)86-78(92-81)56-33-17-6-18-34-56)48-66(67-49-61(43-44-83-67)93-68-37-21-19-35-62(68)63-36-20-22-38-69(63)93)72(60)94-70-41-39-57(79-87-73(51-23-7-1-8-24-51)84-74(88-79)52-25-9-2-10-26-52)46-64(70)65-47-58(40-42-71(65)94)80-89-75(53-27-11-3-12-28-53)85-76(90-80)54-29-13-4-14-30-54/h1-49H. The highest BCUT2D eigenvalue weighted by Gasteiger charge is 2.26. The SMILES string of the molecule is N#Cc1cc(-c2nc(-c3ccccc3)nc(-c3ccccc3)n2)cc(-c2cc(-n3c4ccccc4c4ccccc43)ccn2)c1-n1c2ccc(-c3nc(-c4ccccc4)nc(-c4ccccc4)n3)cc2c2cc(-c3nc(-c4ccccc4)nc(-c4ccccc4)n3)ccc21. The maximum Gasteiger partial charge on any atom is 0.164 e. The van der Waals surface area contributed by atoms with Crippen molar-refractivity contribution in [2.45, 2.75) is 0 Å². The summed E-state index contributed by atoms with van der Waals surface area (Å²) in [4.78, 5) is 51.6. The number of hydrogen-bond donors (Lipinski definition) is 0. The summed E-state index contributed by atoms with van der Waals surface area (Å²) in [6.45, 7) is 0. The minimum Gasteiger partial charge on any atom is -0.309 e. The third kappa shape index (κ3) is 9.93. The van der Waals surface area contributed by atoms with Gasteiger partial charge in [-0.15, -0.1) is 0 Å². The molecule has 0 spiro atoms. The second-order valence-electron chi connectivity index (χ2n) is 22.7. The van der Waals surface area contributed by atoms with E-state index < -0.39 is 0 Å². The van der Waals surface area contributed by atoms with Crippen molar-refractivity contribution in [2.24, 2.45) is 0 Å². The molecule has 438 valence electrons. The van der Waals surface area contributed by atoms with Crippen molar-refractivity contribution in [2.75, 3.05) is 0 Å². The molecule has 13 heteroatoms. The Hall–Kier alpha value is -13.3. The summed E-state index contributed by atoms with van der Waals surface area (Å²) in [5, 5.41) is 15.9. The molecule has 0 aliphatic heterocycles. The van der Waals surface area contributed by atoms with Crippen molar-refractivity contribution >= 4 is 43.6 Å². The smallest absolute Gasteiger partial charge is 0.164 e. The zero-order valence-electron chi connectivity index (χ0n) is 50.1. The van der Waals surface area contributed by atoms with Crippen LogP contribution in [0.5, 0.6) is 0 Å². The van der Waals surface area contributed by atoms with E-state index >= 15 is 0 Å². The number of aromatic nitrogens is 12. The number of benzene rings is 11. The summed E-state index contributed by atoms with van der Waals surface area (Å²) in [6.07, 6.45) is 1.84. The van der Waals surface area contributed by atoms with E-state index in [4.69, 9.17) is 49.8 Å². The second kappa shape index (κ2) is 23.2. The lowest BCUT2D eigenvalue weighted by molar-refractivity contribution is 1.07. The molecule has 0 unspecified atom stereocenters. The van der Waals surface area contributed by atoms with E-state index in [0.717, 1.165) is 93.8 Å². The molecule has 13 nitrogen and oxygen atoms in total. The second-order valence-corrected chi connectivity index (χ2v) is 22.7. The van der Waals surface area contributed by atoms with Crippen molar-refractivity contribution in [1.82, 2.24) is 59.0 Å². The van der Waals surface area contributed by atoms with Crippen LogP contribution in [0.1, 0.15) is 5.56 Å². The van der Waals surface area contributed by atoms with Crippen LogP contribution < -0.4 is 0 Å². The lowest BCUT2D eigenvalue weighted by Crippen LogP contribution is -2.05. The first-order chi connectivity index (χ1) is 46.5. The van der Waals surface area contributed by atoms with Crippen molar-refractivity contribution in [3.63, 3.8) is 0 Å². The summed E-state index contributed by atoms with van der Waals surface area (Å²) in [7, 11) is 0. The number of fused-ring (bicyclic) bond motifs is 6. The number of nitrogens with zero attached hydrogens (tertiary/aromatic N) is 13. The average Bonchev–Trinajstić information content (AvgIpc) is 1.55. The zero-order chi connectivity index (χ0) is 62.5. The molecule has 0 radical (unpaired) electrons. The van der Waals surface area contributed by atoms with E-state index in [2.05, 4.69) is 100 Å². The van der Waals surface area contributed by atoms with E-state index in [1.54, 1.807) is 0 Å². The third-order valence-corrected chi connectivity index (χ3v) is 16.9. The molecular weight excluding hydrogens is 1150 g/mol. The molecule has 0 N–H and O–H groups in total. The van der Waals surface area contributed by atoms with Gasteiger partial charge < -0.3 is 9.13 Å². The van der Waals surface area contributed by atoms with Gasteiger partial charge in [-0.3, -0.25) is 4.98 Å². The predicted molar refractivity (Wildman–Crippen MR) is 372 cm³/mol. The Morgan fingerprint density at radius 1 is 0.255 bits per heavy atom. The maximum absolute atomic E-state index is 12.0. The van der Waals surface area contributed by atoms with Gasteiger partial charge in [0.25, 0.3) is 0 Å².